The molecule has 0 saturated heterocycles. The number of alkyl halides is 18. The van der Waals surface area contributed by atoms with Crippen LogP contribution < -0.4 is 9.47 Å². The van der Waals surface area contributed by atoms with Crippen molar-refractivity contribution in [3.8, 4) is 11.5 Å². The van der Waals surface area contributed by atoms with Gasteiger partial charge in [-0.15, -0.1) is 0 Å². The van der Waals surface area contributed by atoms with Crippen molar-refractivity contribution in [2.24, 2.45) is 0 Å². The molecular weight excluding hydrogens is 738 g/mol. The van der Waals surface area contributed by atoms with Crippen LogP contribution in [0.2, 0.25) is 0 Å². The SMILES string of the molecule is CC(=O)Oc1ccc(C(F)(F)C(F)(F)OC(F)(F)C(F)(F)C(F)(F)C(F)(F)C(F)(F)OC(F)(F)C(F)(F)c2ccc(OC(C)=O)cc2)cc1. The Hall–Kier alpha value is -3.96. The van der Waals surface area contributed by atoms with Gasteiger partial charge in [0.1, 0.15) is 11.5 Å². The third kappa shape index (κ3) is 7.48. The summed E-state index contributed by atoms with van der Waals surface area (Å²) in [6, 6.07) is 0.549. The number of esters is 2. The maximum absolute atomic E-state index is 14.3. The maximum atomic E-state index is 14.3. The minimum absolute atomic E-state index is 0.142. The predicted molar refractivity (Wildman–Crippen MR) is 120 cm³/mol. The highest BCUT2D eigenvalue weighted by Gasteiger charge is 2.90. The van der Waals surface area contributed by atoms with Crippen molar-refractivity contribution in [2.75, 3.05) is 0 Å². The molecule has 0 N–H and O–H groups in total. The van der Waals surface area contributed by atoms with Gasteiger partial charge in [0.2, 0.25) is 0 Å². The van der Waals surface area contributed by atoms with Crippen LogP contribution in [0.1, 0.15) is 25.0 Å². The summed E-state index contributed by atoms with van der Waals surface area (Å²) in [5.41, 5.74) is -4.34. The van der Waals surface area contributed by atoms with Crippen molar-refractivity contribution in [3.05, 3.63) is 59.7 Å². The van der Waals surface area contributed by atoms with E-state index in [1.165, 1.54) is 0 Å². The van der Waals surface area contributed by atoms with Gasteiger partial charge in [-0.1, -0.05) is 0 Å². The Morgan fingerprint density at radius 2 is 0.653 bits per heavy atom. The summed E-state index contributed by atoms with van der Waals surface area (Å²) in [6.07, 6.45) is -30.3. The number of hydrogen-bond acceptors (Lipinski definition) is 6. The van der Waals surface area contributed by atoms with Crippen LogP contribution >= 0.6 is 0 Å². The van der Waals surface area contributed by atoms with Crippen molar-refractivity contribution in [2.45, 2.75) is 67.9 Å². The molecule has 24 heteroatoms. The van der Waals surface area contributed by atoms with E-state index in [1.807, 2.05) is 0 Å². The van der Waals surface area contributed by atoms with Crippen LogP contribution in [0.15, 0.2) is 48.5 Å². The van der Waals surface area contributed by atoms with Gasteiger partial charge < -0.3 is 9.47 Å². The standard InChI is InChI=1S/C25H14F18O6/c1-11(44)46-15-7-3-13(4-8-15)17(26,27)22(36,37)48-24(40,41)20(32,33)19(30,31)21(34,35)25(42,43)49-23(38,39)18(28,29)14-5-9-16(10-6-14)47-12(2)45/h3-10H,1-2H3. The number of halogens is 18. The van der Waals surface area contributed by atoms with E-state index in [4.69, 9.17) is 0 Å². The predicted octanol–water partition coefficient (Wildman–Crippen LogP) is 8.73. The van der Waals surface area contributed by atoms with Crippen LogP contribution in [0.4, 0.5) is 79.0 Å². The Balaban J connectivity index is 2.44. The van der Waals surface area contributed by atoms with Gasteiger partial charge in [-0.2, -0.15) is 79.0 Å². The van der Waals surface area contributed by atoms with Gasteiger partial charge >= 0.3 is 66.0 Å². The molecule has 276 valence electrons. The van der Waals surface area contributed by atoms with E-state index in [0.717, 1.165) is 13.8 Å². The van der Waals surface area contributed by atoms with Gasteiger partial charge in [0.05, 0.1) is 0 Å². The smallest absolute Gasteiger partial charge is 0.427 e. The summed E-state index contributed by atoms with van der Waals surface area (Å²) >= 11 is 0. The van der Waals surface area contributed by atoms with Crippen molar-refractivity contribution < 1.29 is 108 Å². The van der Waals surface area contributed by atoms with E-state index < -0.39 is 88.6 Å². The van der Waals surface area contributed by atoms with Crippen LogP contribution in [-0.2, 0) is 30.9 Å². The lowest BCUT2D eigenvalue weighted by Crippen LogP contribution is -2.70. The van der Waals surface area contributed by atoms with E-state index in [9.17, 15) is 88.6 Å². The number of hydrogen-bond donors (Lipinski definition) is 0. The highest BCUT2D eigenvalue weighted by atomic mass is 19.4. The first-order valence-corrected chi connectivity index (χ1v) is 12.1. The second-order valence-electron chi connectivity index (χ2n) is 9.38. The largest absolute Gasteiger partial charge is 0.430 e. The molecule has 49 heavy (non-hydrogen) atoms. The molecule has 0 aliphatic carbocycles. The van der Waals surface area contributed by atoms with E-state index >= 15 is 0 Å². The molecule has 0 aliphatic heterocycles. The Morgan fingerprint density at radius 3 is 0.878 bits per heavy atom. The van der Waals surface area contributed by atoms with Crippen LogP contribution in [0.5, 0.6) is 11.5 Å². The third-order valence-electron chi connectivity index (χ3n) is 5.72. The average Bonchev–Trinajstić information content (AvgIpc) is 2.91. The van der Waals surface area contributed by atoms with Gasteiger partial charge in [0, 0.05) is 25.0 Å². The van der Waals surface area contributed by atoms with Crippen molar-refractivity contribution in [1.29, 1.82) is 0 Å². The second-order valence-corrected chi connectivity index (χ2v) is 9.38. The monoisotopic (exact) mass is 752 g/mol. The fourth-order valence-corrected chi connectivity index (χ4v) is 3.27. The van der Waals surface area contributed by atoms with Gasteiger partial charge in [0.25, 0.3) is 0 Å². The number of carbonyl (C=O) groups is 2. The lowest BCUT2D eigenvalue weighted by atomic mass is 10.0. The summed E-state index contributed by atoms with van der Waals surface area (Å²) in [6.45, 7) is 1.51. The molecule has 0 aliphatic rings. The lowest BCUT2D eigenvalue weighted by molar-refractivity contribution is -0.528. The molecule has 0 fully saturated rings. The molecular formula is C25H14F18O6. The molecule has 0 aromatic heterocycles. The summed E-state index contributed by atoms with van der Waals surface area (Å²) in [5, 5.41) is 0. The normalized spacial score (nSPS) is 14.4. The minimum atomic E-state index is -8.62. The molecule has 6 nitrogen and oxygen atoms in total. The van der Waals surface area contributed by atoms with E-state index in [0.29, 0.717) is 0 Å². The number of carbonyl (C=O) groups excluding carboxylic acids is 2. The summed E-state index contributed by atoms with van der Waals surface area (Å²) in [4.78, 5) is 21.6. The fourth-order valence-electron chi connectivity index (χ4n) is 3.27. The first kappa shape index (κ1) is 41.2. The van der Waals surface area contributed by atoms with Crippen LogP contribution in [0.25, 0.3) is 0 Å². The fraction of sp³-hybridized carbons (Fsp3) is 0.440. The molecule has 0 spiro atoms. The second kappa shape index (κ2) is 12.7. The van der Waals surface area contributed by atoms with Crippen molar-refractivity contribution >= 4 is 11.9 Å². The first-order chi connectivity index (χ1) is 21.7. The van der Waals surface area contributed by atoms with E-state index in [2.05, 4.69) is 9.47 Å². The van der Waals surface area contributed by atoms with Crippen LogP contribution in [0, 0.1) is 0 Å². The number of benzene rings is 2. The Morgan fingerprint density at radius 1 is 0.408 bits per heavy atom. The Bertz CT molecular complexity index is 1400. The topological polar surface area (TPSA) is 71.1 Å². The van der Waals surface area contributed by atoms with Crippen LogP contribution in [0.3, 0.4) is 0 Å². The molecule has 0 heterocycles. The molecule has 0 radical (unpaired) electrons. The molecule has 0 unspecified atom stereocenters. The van der Waals surface area contributed by atoms with Crippen LogP contribution in [-0.4, -0.2) is 54.1 Å². The van der Waals surface area contributed by atoms with Gasteiger partial charge in [-0.3, -0.25) is 9.59 Å². The highest BCUT2D eigenvalue weighted by molar-refractivity contribution is 5.69. The van der Waals surface area contributed by atoms with Gasteiger partial charge in [-0.05, 0) is 48.5 Å². The zero-order chi connectivity index (χ0) is 38.4. The molecule has 2 aromatic carbocycles. The highest BCUT2D eigenvalue weighted by Crippen LogP contribution is 2.61. The Labute approximate surface area is 259 Å². The van der Waals surface area contributed by atoms with E-state index in [1.54, 1.807) is 9.47 Å². The zero-order valence-corrected chi connectivity index (χ0v) is 23.4. The maximum Gasteiger partial charge on any atom is 0.430 e. The lowest BCUT2D eigenvalue weighted by Gasteiger charge is -2.40. The Kier molecular flexibility index (Phi) is 10.7. The zero-order valence-electron chi connectivity index (χ0n) is 23.4. The molecule has 0 atom stereocenters. The molecule has 2 aromatic rings. The van der Waals surface area contributed by atoms with Crippen molar-refractivity contribution in [3.63, 3.8) is 0 Å². The summed E-state index contributed by atoms with van der Waals surface area (Å²) in [5.74, 6) is -41.7. The van der Waals surface area contributed by atoms with Gasteiger partial charge in [0.15, 0.2) is 0 Å². The van der Waals surface area contributed by atoms with E-state index in [-0.39, 0.29) is 48.5 Å². The summed E-state index contributed by atoms with van der Waals surface area (Å²) in [7, 11) is 0. The average molecular weight is 752 g/mol. The minimum Gasteiger partial charge on any atom is -0.427 e. The first-order valence-electron chi connectivity index (χ1n) is 12.1. The molecule has 2 rings (SSSR count). The molecule has 0 saturated carbocycles. The third-order valence-corrected chi connectivity index (χ3v) is 5.72. The number of rotatable bonds is 14. The van der Waals surface area contributed by atoms with Crippen molar-refractivity contribution in [1.82, 2.24) is 0 Å². The molecule has 0 amide bonds. The molecule has 0 bridgehead atoms. The van der Waals surface area contributed by atoms with Gasteiger partial charge in [-0.25, -0.2) is 9.47 Å². The number of ether oxygens (including phenoxy) is 4. The quantitative estimate of drug-likeness (QED) is 0.109. The summed E-state index contributed by atoms with van der Waals surface area (Å²) < 4.78 is 266.